The second kappa shape index (κ2) is 4.14. The van der Waals surface area contributed by atoms with Gasteiger partial charge in [0, 0.05) is 10.6 Å². The van der Waals surface area contributed by atoms with E-state index in [2.05, 4.69) is 0 Å². The van der Waals surface area contributed by atoms with Crippen molar-refractivity contribution in [2.24, 2.45) is 0 Å². The predicted molar refractivity (Wildman–Crippen MR) is 63.2 cm³/mol. The van der Waals surface area contributed by atoms with Gasteiger partial charge in [0.25, 0.3) is 0 Å². The third-order valence-electron chi connectivity index (χ3n) is 2.44. The van der Waals surface area contributed by atoms with Crippen LogP contribution in [0.5, 0.6) is 5.75 Å². The van der Waals surface area contributed by atoms with Crippen molar-refractivity contribution in [2.45, 2.75) is 6.92 Å². The zero-order valence-electron chi connectivity index (χ0n) is 8.67. The second-order valence-electron chi connectivity index (χ2n) is 3.63. The number of phenolic OH excluding ortho intramolecular Hbond substituents is 1. The van der Waals surface area contributed by atoms with Gasteiger partial charge in [-0.15, -0.1) is 0 Å². The number of hydrogen-bond donors (Lipinski definition) is 1. The summed E-state index contributed by atoms with van der Waals surface area (Å²) in [6.45, 7) is 1.77. The van der Waals surface area contributed by atoms with Crippen molar-refractivity contribution in [3.63, 3.8) is 0 Å². The van der Waals surface area contributed by atoms with Gasteiger partial charge < -0.3 is 5.11 Å². The lowest BCUT2D eigenvalue weighted by Crippen LogP contribution is -1.83. The molecular weight excluding hydrogens is 227 g/mol. The summed E-state index contributed by atoms with van der Waals surface area (Å²) in [7, 11) is 0. The summed E-state index contributed by atoms with van der Waals surface area (Å²) in [5, 5.41) is 10.2. The third-order valence-corrected chi connectivity index (χ3v) is 2.75. The quantitative estimate of drug-likeness (QED) is 0.788. The highest BCUT2D eigenvalue weighted by Gasteiger charge is 2.07. The van der Waals surface area contributed by atoms with Crippen LogP contribution in [0.15, 0.2) is 36.4 Å². The van der Waals surface area contributed by atoms with E-state index in [0.717, 1.165) is 11.1 Å². The summed E-state index contributed by atoms with van der Waals surface area (Å²) in [6, 6.07) is 9.27. The minimum absolute atomic E-state index is 0.184. The predicted octanol–water partition coefficient (Wildman–Crippen LogP) is 4.16. The van der Waals surface area contributed by atoms with Gasteiger partial charge in [0.15, 0.2) is 0 Å². The number of benzene rings is 2. The molecule has 0 atom stereocenters. The van der Waals surface area contributed by atoms with Gasteiger partial charge in [-0.1, -0.05) is 23.7 Å². The minimum Gasteiger partial charge on any atom is -0.508 e. The molecule has 2 aromatic rings. The molecule has 0 radical (unpaired) electrons. The molecule has 16 heavy (non-hydrogen) atoms. The first-order valence-electron chi connectivity index (χ1n) is 4.83. The molecule has 82 valence electrons. The highest BCUT2D eigenvalue weighted by atomic mass is 35.5. The maximum atomic E-state index is 12.8. The van der Waals surface area contributed by atoms with Gasteiger partial charge >= 0.3 is 0 Å². The average Bonchev–Trinajstić information content (AvgIpc) is 2.25. The monoisotopic (exact) mass is 236 g/mol. The smallest absolute Gasteiger partial charge is 0.123 e. The van der Waals surface area contributed by atoms with Crippen molar-refractivity contribution >= 4 is 11.6 Å². The number of rotatable bonds is 1. The summed E-state index contributed by atoms with van der Waals surface area (Å²) in [6.07, 6.45) is 0. The van der Waals surface area contributed by atoms with Crippen LogP contribution in [-0.2, 0) is 0 Å². The zero-order valence-corrected chi connectivity index (χ0v) is 9.42. The molecule has 0 aromatic heterocycles. The van der Waals surface area contributed by atoms with Gasteiger partial charge in [0.2, 0.25) is 0 Å². The molecule has 3 heteroatoms. The summed E-state index contributed by atoms with van der Waals surface area (Å²) in [4.78, 5) is 0. The van der Waals surface area contributed by atoms with Crippen LogP contribution < -0.4 is 0 Å². The van der Waals surface area contributed by atoms with Crippen LogP contribution in [0.25, 0.3) is 11.1 Å². The van der Waals surface area contributed by atoms with E-state index in [1.165, 1.54) is 12.1 Å². The molecule has 0 spiro atoms. The molecule has 2 aromatic carbocycles. The number of hydrogen-bond acceptors (Lipinski definition) is 1. The highest BCUT2D eigenvalue weighted by Crippen LogP contribution is 2.33. The van der Waals surface area contributed by atoms with Crippen LogP contribution in [0.4, 0.5) is 4.39 Å². The fourth-order valence-corrected chi connectivity index (χ4v) is 1.84. The lowest BCUT2D eigenvalue weighted by molar-refractivity contribution is 0.471. The molecule has 0 amide bonds. The van der Waals surface area contributed by atoms with Crippen molar-refractivity contribution in [1.82, 2.24) is 0 Å². The Kier molecular flexibility index (Phi) is 2.84. The molecule has 0 aliphatic carbocycles. The fourth-order valence-electron chi connectivity index (χ4n) is 1.51. The van der Waals surface area contributed by atoms with E-state index in [1.54, 1.807) is 31.2 Å². The first-order chi connectivity index (χ1) is 7.58. The molecule has 0 fully saturated rings. The molecule has 2 rings (SSSR count). The van der Waals surface area contributed by atoms with Crippen LogP contribution in [-0.4, -0.2) is 5.11 Å². The molecule has 0 unspecified atom stereocenters. The van der Waals surface area contributed by atoms with E-state index in [4.69, 9.17) is 11.6 Å². The van der Waals surface area contributed by atoms with Crippen LogP contribution in [0, 0.1) is 12.7 Å². The first kappa shape index (κ1) is 11.0. The maximum absolute atomic E-state index is 12.8. The molecule has 1 N–H and O–H groups in total. The summed E-state index contributed by atoms with van der Waals surface area (Å²) in [5.41, 5.74) is 2.20. The van der Waals surface area contributed by atoms with Crippen LogP contribution in [0.1, 0.15) is 5.56 Å². The number of aryl methyl sites for hydroxylation is 1. The van der Waals surface area contributed by atoms with Crippen molar-refractivity contribution < 1.29 is 9.50 Å². The fraction of sp³-hybridized carbons (Fsp3) is 0.0769. The van der Waals surface area contributed by atoms with E-state index >= 15 is 0 Å². The van der Waals surface area contributed by atoms with Crippen LogP contribution >= 0.6 is 11.6 Å². The maximum Gasteiger partial charge on any atom is 0.123 e. The molecule has 0 aliphatic heterocycles. The Morgan fingerprint density at radius 1 is 1.12 bits per heavy atom. The van der Waals surface area contributed by atoms with Gasteiger partial charge in [-0.05, 0) is 42.3 Å². The standard InChI is InChI=1S/C13H10ClFO/c1-8-6-12(14)11(7-13(8)16)9-2-4-10(15)5-3-9/h2-7,16H,1H3. The van der Waals surface area contributed by atoms with Crippen molar-refractivity contribution in [3.8, 4) is 16.9 Å². The van der Waals surface area contributed by atoms with Gasteiger partial charge in [-0.3, -0.25) is 0 Å². The SMILES string of the molecule is Cc1cc(Cl)c(-c2ccc(F)cc2)cc1O. The normalized spacial score (nSPS) is 10.4. The second-order valence-corrected chi connectivity index (χ2v) is 4.03. The van der Waals surface area contributed by atoms with E-state index in [0.29, 0.717) is 10.6 Å². The summed E-state index contributed by atoms with van der Waals surface area (Å²) in [5.74, 6) is -0.111. The van der Waals surface area contributed by atoms with Crippen LogP contribution in [0.3, 0.4) is 0 Å². The summed E-state index contributed by atoms with van der Waals surface area (Å²) < 4.78 is 12.8. The first-order valence-corrected chi connectivity index (χ1v) is 5.21. The lowest BCUT2D eigenvalue weighted by atomic mass is 10.0. The van der Waals surface area contributed by atoms with E-state index in [9.17, 15) is 9.50 Å². The largest absolute Gasteiger partial charge is 0.508 e. The Balaban J connectivity index is 2.56. The van der Waals surface area contributed by atoms with Crippen molar-refractivity contribution in [1.29, 1.82) is 0 Å². The van der Waals surface area contributed by atoms with Gasteiger partial charge in [-0.2, -0.15) is 0 Å². The van der Waals surface area contributed by atoms with E-state index in [1.807, 2.05) is 0 Å². The van der Waals surface area contributed by atoms with Crippen molar-refractivity contribution in [2.75, 3.05) is 0 Å². The van der Waals surface area contributed by atoms with Crippen molar-refractivity contribution in [3.05, 3.63) is 52.8 Å². The number of aromatic hydroxyl groups is 1. The Labute approximate surface area is 98.1 Å². The topological polar surface area (TPSA) is 20.2 Å². The zero-order chi connectivity index (χ0) is 11.7. The third kappa shape index (κ3) is 2.02. The van der Waals surface area contributed by atoms with Gasteiger partial charge in [0.05, 0.1) is 0 Å². The molecule has 0 bridgehead atoms. The molecular formula is C13H10ClFO. The highest BCUT2D eigenvalue weighted by molar-refractivity contribution is 6.33. The van der Waals surface area contributed by atoms with Crippen LogP contribution in [0.2, 0.25) is 5.02 Å². The Bertz CT molecular complexity index is 520. The number of halogens is 2. The Morgan fingerprint density at radius 3 is 2.38 bits per heavy atom. The molecule has 0 aliphatic rings. The average molecular weight is 237 g/mol. The summed E-state index contributed by atoms with van der Waals surface area (Å²) >= 11 is 6.07. The van der Waals surface area contributed by atoms with Gasteiger partial charge in [-0.25, -0.2) is 4.39 Å². The minimum atomic E-state index is -0.295. The Hall–Kier alpha value is -1.54. The number of phenols is 1. The lowest BCUT2D eigenvalue weighted by Gasteiger charge is -2.07. The van der Waals surface area contributed by atoms with E-state index in [-0.39, 0.29) is 11.6 Å². The molecule has 0 saturated carbocycles. The molecule has 0 saturated heterocycles. The van der Waals surface area contributed by atoms with Gasteiger partial charge in [0.1, 0.15) is 11.6 Å². The Morgan fingerprint density at radius 2 is 1.75 bits per heavy atom. The molecule has 0 heterocycles. The van der Waals surface area contributed by atoms with E-state index < -0.39 is 0 Å². The molecule has 1 nitrogen and oxygen atoms in total.